The summed E-state index contributed by atoms with van der Waals surface area (Å²) >= 11 is 0. The summed E-state index contributed by atoms with van der Waals surface area (Å²) in [6.45, 7) is 0. The van der Waals surface area contributed by atoms with Gasteiger partial charge in [-0.25, -0.2) is 13.4 Å². The van der Waals surface area contributed by atoms with Crippen LogP contribution in [0.3, 0.4) is 0 Å². The van der Waals surface area contributed by atoms with Gasteiger partial charge in [0.25, 0.3) is 10.0 Å². The molecule has 0 fully saturated rings. The third-order valence-corrected chi connectivity index (χ3v) is 7.12. The number of hydrogen-bond donors (Lipinski definition) is 1. The number of fused-ring (bicyclic) bond motifs is 1. The average molecular weight is 484 g/mol. The number of sulfonamides is 1. The molecule has 0 radical (unpaired) electrons. The molecule has 1 heterocycles. The summed E-state index contributed by atoms with van der Waals surface area (Å²) in [4.78, 5) is 22.2. The van der Waals surface area contributed by atoms with Crippen LogP contribution in [-0.4, -0.2) is 32.0 Å². The highest BCUT2D eigenvalue weighted by Crippen LogP contribution is 2.36. The number of carbonyl (C=O) groups is 1. The molecule has 1 atom stereocenters. The number of rotatable bonds is 6. The number of nitrogens with zero attached hydrogens (tertiary/aromatic N) is 2. The molecule has 8 heteroatoms. The Bertz CT molecular complexity index is 1520. The van der Waals surface area contributed by atoms with Gasteiger partial charge in [0.1, 0.15) is 11.6 Å². The van der Waals surface area contributed by atoms with E-state index in [1.54, 1.807) is 43.5 Å². The Morgan fingerprint density at radius 1 is 0.857 bits per heavy atom. The van der Waals surface area contributed by atoms with Crippen LogP contribution in [0, 0.1) is 0 Å². The largest absolute Gasteiger partial charge is 0.497 e. The summed E-state index contributed by atoms with van der Waals surface area (Å²) in [6.07, 6.45) is 1.51. The normalized spacial score (nSPS) is 16.2. The molecule has 1 aliphatic rings. The second-order valence-corrected chi connectivity index (χ2v) is 9.61. The summed E-state index contributed by atoms with van der Waals surface area (Å²) in [7, 11) is -2.21. The summed E-state index contributed by atoms with van der Waals surface area (Å²) in [5.74, 6) is 0.349. The van der Waals surface area contributed by atoms with Gasteiger partial charge in [-0.1, -0.05) is 42.5 Å². The van der Waals surface area contributed by atoms with Crippen molar-refractivity contribution in [3.63, 3.8) is 0 Å². The first-order valence-electron chi connectivity index (χ1n) is 10.9. The summed E-state index contributed by atoms with van der Waals surface area (Å²) < 4.78 is 33.1. The first-order valence-corrected chi connectivity index (χ1v) is 12.3. The molecule has 7 nitrogen and oxygen atoms in total. The van der Waals surface area contributed by atoms with E-state index in [0.717, 1.165) is 11.1 Å². The number of aliphatic imine (C=N–C) groups is 1. The highest BCUT2D eigenvalue weighted by atomic mass is 32.2. The van der Waals surface area contributed by atoms with Gasteiger partial charge in [-0.15, -0.1) is 0 Å². The Hall–Kier alpha value is -4.30. The van der Waals surface area contributed by atoms with Crippen LogP contribution >= 0.6 is 0 Å². The fourth-order valence-electron chi connectivity index (χ4n) is 4.05. The average Bonchev–Trinajstić information content (AvgIpc) is 3.16. The van der Waals surface area contributed by atoms with E-state index in [2.05, 4.69) is 9.71 Å². The Balaban J connectivity index is 1.50. The number of anilines is 1. The molecule has 0 saturated carbocycles. The third-order valence-electron chi connectivity index (χ3n) is 5.75. The minimum Gasteiger partial charge on any atom is -0.497 e. The van der Waals surface area contributed by atoms with Gasteiger partial charge < -0.3 is 4.74 Å². The monoisotopic (exact) mass is 483 g/mol. The molecule has 1 N–H and O–H groups in total. The number of benzene rings is 3. The number of ketones is 1. The van der Waals surface area contributed by atoms with Crippen molar-refractivity contribution in [2.45, 2.75) is 10.8 Å². The molecule has 0 aliphatic heterocycles. The summed E-state index contributed by atoms with van der Waals surface area (Å²) in [5, 5.41) is 0. The fourth-order valence-corrected chi connectivity index (χ4v) is 5.05. The van der Waals surface area contributed by atoms with E-state index in [-0.39, 0.29) is 16.5 Å². The first-order chi connectivity index (χ1) is 17.0. The number of aromatic nitrogens is 1. The van der Waals surface area contributed by atoms with E-state index < -0.39 is 15.9 Å². The van der Waals surface area contributed by atoms with E-state index in [1.165, 1.54) is 18.3 Å². The van der Waals surface area contributed by atoms with Crippen LogP contribution in [0.2, 0.25) is 0 Å². The van der Waals surface area contributed by atoms with E-state index in [0.29, 0.717) is 22.7 Å². The Kier molecular flexibility index (Phi) is 5.88. The van der Waals surface area contributed by atoms with Gasteiger partial charge in [0.15, 0.2) is 5.78 Å². The van der Waals surface area contributed by atoms with E-state index in [4.69, 9.17) is 9.73 Å². The van der Waals surface area contributed by atoms with Crippen LogP contribution in [0.15, 0.2) is 107 Å². The molecule has 5 rings (SSSR count). The van der Waals surface area contributed by atoms with Gasteiger partial charge >= 0.3 is 0 Å². The number of Topliss-reactive ketones (excluding diaryl/α,β-unsaturated/α-hetero) is 1. The Morgan fingerprint density at radius 3 is 2.20 bits per heavy atom. The van der Waals surface area contributed by atoms with Crippen molar-refractivity contribution in [2.24, 2.45) is 4.99 Å². The quantitative estimate of drug-likeness (QED) is 0.417. The van der Waals surface area contributed by atoms with Crippen molar-refractivity contribution in [1.82, 2.24) is 4.98 Å². The molecule has 0 saturated heterocycles. The van der Waals surface area contributed by atoms with Crippen molar-refractivity contribution in [2.75, 3.05) is 11.8 Å². The van der Waals surface area contributed by atoms with Crippen molar-refractivity contribution >= 4 is 33.0 Å². The lowest BCUT2D eigenvalue weighted by molar-refractivity contribution is 0.0988. The highest BCUT2D eigenvalue weighted by Gasteiger charge is 2.37. The van der Waals surface area contributed by atoms with Crippen LogP contribution in [-0.2, 0) is 10.0 Å². The zero-order chi connectivity index (χ0) is 24.4. The molecule has 1 aliphatic carbocycles. The molecule has 4 aromatic rings. The maximum absolute atomic E-state index is 13.3. The second-order valence-electron chi connectivity index (χ2n) is 7.93. The minimum atomic E-state index is -3.80. The van der Waals surface area contributed by atoms with Crippen molar-refractivity contribution < 1.29 is 17.9 Å². The number of nitrogens with one attached hydrogen (secondary N) is 1. The van der Waals surface area contributed by atoms with Crippen molar-refractivity contribution in [3.05, 3.63) is 114 Å². The van der Waals surface area contributed by atoms with Gasteiger partial charge in [-0.05, 0) is 54.1 Å². The van der Waals surface area contributed by atoms with Crippen LogP contribution < -0.4 is 9.46 Å². The van der Waals surface area contributed by atoms with Crippen LogP contribution in [0.4, 0.5) is 11.5 Å². The Labute approximate surface area is 203 Å². The summed E-state index contributed by atoms with van der Waals surface area (Å²) in [6, 6.07) is 25.9. The van der Waals surface area contributed by atoms with Crippen LogP contribution in [0.5, 0.6) is 5.75 Å². The zero-order valence-electron chi connectivity index (χ0n) is 18.8. The zero-order valence-corrected chi connectivity index (χ0v) is 19.6. The number of ether oxygens (including phenoxy) is 1. The predicted molar refractivity (Wildman–Crippen MR) is 134 cm³/mol. The predicted octanol–water partition coefficient (Wildman–Crippen LogP) is 4.99. The molecular weight excluding hydrogens is 462 g/mol. The van der Waals surface area contributed by atoms with E-state index >= 15 is 0 Å². The lowest BCUT2D eigenvalue weighted by atomic mass is 9.93. The van der Waals surface area contributed by atoms with Crippen molar-refractivity contribution in [3.8, 4) is 5.75 Å². The van der Waals surface area contributed by atoms with Gasteiger partial charge in [-0.3, -0.25) is 14.5 Å². The molecule has 174 valence electrons. The fraction of sp³-hybridized carbons (Fsp3) is 0.0741. The van der Waals surface area contributed by atoms with Gasteiger partial charge in [0.2, 0.25) is 0 Å². The molecule has 0 amide bonds. The van der Waals surface area contributed by atoms with E-state index in [1.807, 2.05) is 42.5 Å². The SMILES string of the molecule is COc1ccc([C@H]2C(=O)c3ccccc3C2=Nc2ccc(S(=O)(=O)Nc3ccccn3)cc2)cc1. The number of methoxy groups -OCH3 is 1. The smallest absolute Gasteiger partial charge is 0.263 e. The van der Waals surface area contributed by atoms with Crippen LogP contribution in [0.1, 0.15) is 27.4 Å². The number of hydrogen-bond acceptors (Lipinski definition) is 6. The van der Waals surface area contributed by atoms with Gasteiger partial charge in [0, 0.05) is 17.3 Å². The topological polar surface area (TPSA) is 97.7 Å². The second kappa shape index (κ2) is 9.15. The van der Waals surface area contributed by atoms with E-state index in [9.17, 15) is 13.2 Å². The Morgan fingerprint density at radius 2 is 1.54 bits per heavy atom. The highest BCUT2D eigenvalue weighted by molar-refractivity contribution is 7.92. The molecule has 1 aromatic heterocycles. The lowest BCUT2D eigenvalue weighted by Crippen LogP contribution is -2.14. The molecule has 0 spiro atoms. The number of pyridine rings is 1. The summed E-state index contributed by atoms with van der Waals surface area (Å²) in [5.41, 5.74) is 3.36. The number of carbonyl (C=O) groups excluding carboxylic acids is 1. The lowest BCUT2D eigenvalue weighted by Gasteiger charge is -2.12. The molecule has 3 aromatic carbocycles. The maximum atomic E-state index is 13.3. The van der Waals surface area contributed by atoms with Crippen LogP contribution in [0.25, 0.3) is 0 Å². The first kappa shape index (κ1) is 22.5. The van der Waals surface area contributed by atoms with Gasteiger partial charge in [-0.2, -0.15) is 0 Å². The maximum Gasteiger partial charge on any atom is 0.263 e. The molecular formula is C27H21N3O4S. The third kappa shape index (κ3) is 4.43. The van der Waals surface area contributed by atoms with Crippen molar-refractivity contribution in [1.29, 1.82) is 0 Å². The standard InChI is InChI=1S/C27H21N3O4S/c1-34-20-13-9-18(10-14-20)25-26(22-6-2-3-7-23(22)27(25)31)29-19-11-15-21(16-12-19)35(32,33)30-24-8-4-5-17-28-24/h2-17,25H,1H3,(H,28,30)/t25-/m1/s1. The van der Waals surface area contributed by atoms with Gasteiger partial charge in [0.05, 0.1) is 29.3 Å². The minimum absolute atomic E-state index is 0.0247. The molecule has 0 unspecified atom stereocenters. The molecule has 0 bridgehead atoms. The molecule has 35 heavy (non-hydrogen) atoms.